The molecule has 0 radical (unpaired) electrons. The van der Waals surface area contributed by atoms with Crippen molar-refractivity contribution in [2.75, 3.05) is 7.11 Å². The first-order valence-electron chi connectivity index (χ1n) is 7.04. The van der Waals surface area contributed by atoms with E-state index in [9.17, 15) is 9.59 Å². The van der Waals surface area contributed by atoms with Crippen molar-refractivity contribution in [3.63, 3.8) is 0 Å². The van der Waals surface area contributed by atoms with Crippen LogP contribution in [-0.4, -0.2) is 19.0 Å². The molecule has 1 heterocycles. The van der Waals surface area contributed by atoms with E-state index in [0.717, 1.165) is 14.2 Å². The monoisotopic (exact) mass is 427 g/mol. The van der Waals surface area contributed by atoms with E-state index in [4.69, 9.17) is 16.3 Å². The number of benzene rings is 1. The Kier molecular flexibility index (Phi) is 7.02. The molecule has 0 spiro atoms. The van der Waals surface area contributed by atoms with Gasteiger partial charge < -0.3 is 10.1 Å². The number of methoxy groups -OCH3 is 1. The Balaban J connectivity index is 2.09. The van der Waals surface area contributed by atoms with Crippen molar-refractivity contribution in [3.05, 3.63) is 61.7 Å². The van der Waals surface area contributed by atoms with E-state index in [-0.39, 0.29) is 12.3 Å². The Morgan fingerprint density at radius 1 is 1.29 bits per heavy atom. The highest BCUT2D eigenvalue weighted by Gasteiger charge is 2.18. The second kappa shape index (κ2) is 9.01. The number of halogens is 2. The van der Waals surface area contributed by atoms with Gasteiger partial charge in [0.1, 0.15) is 0 Å². The molecule has 2 aromatic rings. The van der Waals surface area contributed by atoms with Gasteiger partial charge in [0.15, 0.2) is 0 Å². The van der Waals surface area contributed by atoms with Gasteiger partial charge in [0.25, 0.3) is 0 Å². The van der Waals surface area contributed by atoms with E-state index >= 15 is 0 Å². The fourth-order valence-electron chi connectivity index (χ4n) is 1.99. The minimum Gasteiger partial charge on any atom is -0.469 e. The summed E-state index contributed by atoms with van der Waals surface area (Å²) in [5, 5.41) is 3.41. The molecule has 1 aromatic heterocycles. The zero-order valence-electron chi connectivity index (χ0n) is 12.8. The third-order valence-corrected chi connectivity index (χ3v) is 5.02. The van der Waals surface area contributed by atoms with Gasteiger partial charge in [0.2, 0.25) is 5.91 Å². The second-order valence-corrected chi connectivity index (χ2v) is 7.80. The molecule has 2 rings (SSSR count). The van der Waals surface area contributed by atoms with Gasteiger partial charge >= 0.3 is 5.97 Å². The lowest BCUT2D eigenvalue weighted by Gasteiger charge is -2.17. The third kappa shape index (κ3) is 5.78. The van der Waals surface area contributed by atoms with Gasteiger partial charge in [-0.15, -0.1) is 11.3 Å². The molecule has 4 nitrogen and oxygen atoms in total. The SMILES string of the molecule is COC(=O)CC(NC(=O)/C=C/c1ccc(Br)s1)c1ccc(Cl)cc1. The molecule has 0 aliphatic carbocycles. The maximum absolute atomic E-state index is 12.2. The molecular formula is C17H15BrClNO3S. The number of carbonyl (C=O) groups excluding carboxylic acids is 2. The largest absolute Gasteiger partial charge is 0.469 e. The topological polar surface area (TPSA) is 55.4 Å². The number of carbonyl (C=O) groups is 2. The molecule has 0 bridgehead atoms. The van der Waals surface area contributed by atoms with Crippen molar-refractivity contribution in [1.29, 1.82) is 0 Å². The van der Waals surface area contributed by atoms with Crippen LogP contribution in [0.25, 0.3) is 6.08 Å². The number of rotatable bonds is 6. The Morgan fingerprint density at radius 3 is 2.58 bits per heavy atom. The van der Waals surface area contributed by atoms with Crippen LogP contribution >= 0.6 is 38.9 Å². The Morgan fingerprint density at radius 2 is 2.00 bits per heavy atom. The molecule has 0 saturated heterocycles. The fraction of sp³-hybridized carbons (Fsp3) is 0.176. The molecule has 0 aliphatic rings. The van der Waals surface area contributed by atoms with Crippen LogP contribution in [0.3, 0.4) is 0 Å². The molecule has 1 aromatic carbocycles. The van der Waals surface area contributed by atoms with E-state index in [2.05, 4.69) is 21.2 Å². The number of nitrogens with one attached hydrogen (secondary N) is 1. The lowest BCUT2D eigenvalue weighted by atomic mass is 10.0. The molecule has 0 aliphatic heterocycles. The summed E-state index contributed by atoms with van der Waals surface area (Å²) in [6.07, 6.45) is 3.21. The van der Waals surface area contributed by atoms with Crippen molar-refractivity contribution in [1.82, 2.24) is 5.32 Å². The van der Waals surface area contributed by atoms with Gasteiger partial charge in [-0.2, -0.15) is 0 Å². The predicted octanol–water partition coefficient (Wildman–Crippen LogP) is 4.60. The van der Waals surface area contributed by atoms with Crippen LogP contribution in [0.1, 0.15) is 22.9 Å². The van der Waals surface area contributed by atoms with Gasteiger partial charge in [-0.25, -0.2) is 0 Å². The number of hydrogen-bond acceptors (Lipinski definition) is 4. The summed E-state index contributed by atoms with van der Waals surface area (Å²) in [4.78, 5) is 24.7. The summed E-state index contributed by atoms with van der Waals surface area (Å²) in [6.45, 7) is 0. The smallest absolute Gasteiger partial charge is 0.307 e. The van der Waals surface area contributed by atoms with E-state index in [1.54, 1.807) is 30.3 Å². The van der Waals surface area contributed by atoms with Crippen molar-refractivity contribution < 1.29 is 14.3 Å². The van der Waals surface area contributed by atoms with Gasteiger partial charge in [0.05, 0.1) is 23.4 Å². The van der Waals surface area contributed by atoms with Gasteiger partial charge in [-0.05, 0) is 51.8 Å². The second-order valence-electron chi connectivity index (χ2n) is 4.87. The first kappa shape index (κ1) is 18.7. The molecule has 7 heteroatoms. The fourth-order valence-corrected chi connectivity index (χ4v) is 3.45. The van der Waals surface area contributed by atoms with Gasteiger partial charge in [0, 0.05) is 16.0 Å². The molecule has 1 unspecified atom stereocenters. The summed E-state index contributed by atoms with van der Waals surface area (Å²) in [6, 6.07) is 10.3. The first-order chi connectivity index (χ1) is 11.5. The standard InChI is InChI=1S/C17H15BrClNO3S/c1-23-17(22)10-14(11-2-4-12(19)5-3-11)20-16(21)9-7-13-6-8-15(18)24-13/h2-9,14H,10H2,1H3,(H,20,21)/b9-7+. The number of ether oxygens (including phenoxy) is 1. The number of thiophene rings is 1. The Bertz CT molecular complexity index is 743. The average molecular weight is 429 g/mol. The predicted molar refractivity (Wildman–Crippen MR) is 100 cm³/mol. The third-order valence-electron chi connectivity index (χ3n) is 3.18. The van der Waals surface area contributed by atoms with Crippen LogP contribution in [0.15, 0.2) is 46.3 Å². The zero-order chi connectivity index (χ0) is 17.5. The average Bonchev–Trinajstić information content (AvgIpc) is 2.98. The maximum atomic E-state index is 12.2. The molecule has 1 atom stereocenters. The minimum atomic E-state index is -0.484. The lowest BCUT2D eigenvalue weighted by molar-refractivity contribution is -0.141. The van der Waals surface area contributed by atoms with Gasteiger partial charge in [-0.1, -0.05) is 23.7 Å². The van der Waals surface area contributed by atoms with Crippen LogP contribution in [0.4, 0.5) is 0 Å². The normalized spacial score (nSPS) is 12.1. The minimum absolute atomic E-state index is 0.0439. The quantitative estimate of drug-likeness (QED) is 0.540. The number of hydrogen-bond donors (Lipinski definition) is 1. The van der Waals surface area contributed by atoms with Crippen molar-refractivity contribution >= 4 is 56.8 Å². The molecular weight excluding hydrogens is 414 g/mol. The van der Waals surface area contributed by atoms with Crippen LogP contribution < -0.4 is 5.32 Å². The summed E-state index contributed by atoms with van der Waals surface area (Å²) < 4.78 is 5.69. The number of amides is 1. The summed E-state index contributed by atoms with van der Waals surface area (Å²) in [7, 11) is 1.32. The molecule has 1 N–H and O–H groups in total. The highest BCUT2D eigenvalue weighted by molar-refractivity contribution is 9.11. The lowest BCUT2D eigenvalue weighted by Crippen LogP contribution is -2.29. The highest BCUT2D eigenvalue weighted by atomic mass is 79.9. The summed E-state index contributed by atoms with van der Waals surface area (Å²) >= 11 is 10.8. The summed E-state index contributed by atoms with van der Waals surface area (Å²) in [5.74, 6) is -0.690. The van der Waals surface area contributed by atoms with Crippen LogP contribution in [-0.2, 0) is 14.3 Å². The Labute approximate surface area is 157 Å². The van der Waals surface area contributed by atoms with Crippen LogP contribution in [0.2, 0.25) is 5.02 Å². The Hall–Kier alpha value is -1.63. The molecule has 24 heavy (non-hydrogen) atoms. The van der Waals surface area contributed by atoms with E-state index < -0.39 is 12.0 Å². The van der Waals surface area contributed by atoms with Crippen molar-refractivity contribution in [2.24, 2.45) is 0 Å². The van der Waals surface area contributed by atoms with Crippen LogP contribution in [0, 0.1) is 0 Å². The van der Waals surface area contributed by atoms with E-state index in [1.807, 2.05) is 12.1 Å². The van der Waals surface area contributed by atoms with Crippen molar-refractivity contribution in [3.8, 4) is 0 Å². The summed E-state index contributed by atoms with van der Waals surface area (Å²) in [5.41, 5.74) is 0.783. The molecule has 0 saturated carbocycles. The highest BCUT2D eigenvalue weighted by Crippen LogP contribution is 2.23. The molecule has 126 valence electrons. The van der Waals surface area contributed by atoms with Gasteiger partial charge in [-0.3, -0.25) is 9.59 Å². The molecule has 0 fully saturated rings. The zero-order valence-corrected chi connectivity index (χ0v) is 16.0. The van der Waals surface area contributed by atoms with Crippen molar-refractivity contribution in [2.45, 2.75) is 12.5 Å². The maximum Gasteiger partial charge on any atom is 0.307 e. The van der Waals surface area contributed by atoms with E-state index in [0.29, 0.717) is 5.02 Å². The number of esters is 1. The molecule has 1 amide bonds. The first-order valence-corrected chi connectivity index (χ1v) is 9.03. The van der Waals surface area contributed by atoms with Crippen LogP contribution in [0.5, 0.6) is 0 Å². The van der Waals surface area contributed by atoms with E-state index in [1.165, 1.54) is 24.5 Å².